The quantitative estimate of drug-likeness (QED) is 0.825. The number of carbonyl (C=O) groups excluding carboxylic acids is 1. The van der Waals surface area contributed by atoms with E-state index in [-0.39, 0.29) is 11.9 Å². The molecule has 2 heterocycles. The molecule has 1 aliphatic carbocycles. The van der Waals surface area contributed by atoms with Crippen LogP contribution in [0.15, 0.2) is 28.8 Å². The van der Waals surface area contributed by atoms with E-state index in [0.717, 1.165) is 51.3 Å². The normalized spacial score (nSPS) is 19.6. The highest BCUT2D eigenvalue weighted by Gasteiger charge is 2.31. The Bertz CT molecular complexity index is 777. The van der Waals surface area contributed by atoms with Gasteiger partial charge in [-0.15, -0.1) is 0 Å². The second-order valence-corrected chi connectivity index (χ2v) is 7.76. The van der Waals surface area contributed by atoms with E-state index < -0.39 is 0 Å². The Hall–Kier alpha value is -2.25. The van der Waals surface area contributed by atoms with Gasteiger partial charge in [-0.3, -0.25) is 9.69 Å². The first-order valence-corrected chi connectivity index (χ1v) is 10.2. The van der Waals surface area contributed by atoms with Crippen molar-refractivity contribution in [2.45, 2.75) is 45.2 Å². The van der Waals surface area contributed by atoms with Crippen LogP contribution in [0.1, 0.15) is 50.1 Å². The predicted molar refractivity (Wildman–Crippen MR) is 104 cm³/mol. The van der Waals surface area contributed by atoms with Crippen molar-refractivity contribution < 1.29 is 14.1 Å². The minimum absolute atomic E-state index is 0.0656. The number of benzene rings is 1. The van der Waals surface area contributed by atoms with E-state index in [2.05, 4.69) is 32.5 Å². The van der Waals surface area contributed by atoms with Gasteiger partial charge in [0.1, 0.15) is 6.04 Å². The fourth-order valence-corrected chi connectivity index (χ4v) is 4.15. The molecule has 7 heteroatoms. The van der Waals surface area contributed by atoms with Crippen LogP contribution in [-0.2, 0) is 16.1 Å². The minimum atomic E-state index is -0.193. The number of rotatable bonds is 6. The van der Waals surface area contributed by atoms with Crippen LogP contribution in [0.2, 0.25) is 0 Å². The van der Waals surface area contributed by atoms with Gasteiger partial charge in [0.15, 0.2) is 0 Å². The molecule has 1 aliphatic heterocycles. The van der Waals surface area contributed by atoms with Crippen LogP contribution in [0, 0.1) is 5.92 Å². The number of ether oxygens (including phenoxy) is 1. The number of aromatic nitrogens is 2. The summed E-state index contributed by atoms with van der Waals surface area (Å²) in [6.45, 7) is 6.02. The molecule has 4 rings (SSSR count). The Morgan fingerprint density at radius 3 is 2.61 bits per heavy atom. The van der Waals surface area contributed by atoms with E-state index in [1.165, 1.54) is 25.3 Å². The van der Waals surface area contributed by atoms with Gasteiger partial charge in [0.05, 0.1) is 13.2 Å². The molecular formula is C21H28N4O3. The zero-order valence-electron chi connectivity index (χ0n) is 16.4. The lowest BCUT2D eigenvalue weighted by atomic mass is 9.98. The van der Waals surface area contributed by atoms with Crippen molar-refractivity contribution in [3.63, 3.8) is 0 Å². The van der Waals surface area contributed by atoms with Crippen LogP contribution in [0.3, 0.4) is 0 Å². The summed E-state index contributed by atoms with van der Waals surface area (Å²) in [7, 11) is 0. The Morgan fingerprint density at radius 1 is 1.21 bits per heavy atom. The van der Waals surface area contributed by atoms with Crippen molar-refractivity contribution in [3.8, 4) is 11.4 Å². The molecule has 1 atom stereocenters. The maximum atomic E-state index is 11.6. The Balaban J connectivity index is 1.45. The third kappa shape index (κ3) is 4.59. The van der Waals surface area contributed by atoms with Gasteiger partial charge in [0, 0.05) is 32.1 Å². The van der Waals surface area contributed by atoms with Crippen LogP contribution in [-0.4, -0.2) is 47.3 Å². The summed E-state index contributed by atoms with van der Waals surface area (Å²) in [6.07, 6.45) is 4.54. The molecule has 28 heavy (non-hydrogen) atoms. The summed E-state index contributed by atoms with van der Waals surface area (Å²) < 4.78 is 11.0. The average molecular weight is 384 g/mol. The van der Waals surface area contributed by atoms with Gasteiger partial charge in [0.25, 0.3) is 0 Å². The van der Waals surface area contributed by atoms with Gasteiger partial charge in [-0.05, 0) is 24.3 Å². The van der Waals surface area contributed by atoms with Crippen molar-refractivity contribution in [2.24, 2.45) is 5.92 Å². The largest absolute Gasteiger partial charge is 0.379 e. The van der Waals surface area contributed by atoms with Gasteiger partial charge in [-0.1, -0.05) is 42.3 Å². The van der Waals surface area contributed by atoms with Gasteiger partial charge < -0.3 is 14.6 Å². The maximum Gasteiger partial charge on any atom is 0.249 e. The molecule has 0 spiro atoms. The number of nitrogens with zero attached hydrogens (tertiary/aromatic N) is 3. The van der Waals surface area contributed by atoms with Crippen LogP contribution in [0.5, 0.6) is 0 Å². The molecule has 2 aliphatic rings. The first-order chi connectivity index (χ1) is 13.7. The second kappa shape index (κ2) is 8.84. The van der Waals surface area contributed by atoms with Gasteiger partial charge in [-0.25, -0.2) is 0 Å². The van der Waals surface area contributed by atoms with Gasteiger partial charge in [0.2, 0.25) is 17.6 Å². The van der Waals surface area contributed by atoms with E-state index in [1.807, 2.05) is 12.1 Å². The third-order valence-electron chi connectivity index (χ3n) is 5.66. The lowest BCUT2D eigenvalue weighted by Crippen LogP contribution is -2.35. The highest BCUT2D eigenvalue weighted by Crippen LogP contribution is 2.35. The summed E-state index contributed by atoms with van der Waals surface area (Å²) in [4.78, 5) is 18.6. The molecular weight excluding hydrogens is 356 g/mol. The van der Waals surface area contributed by atoms with E-state index in [4.69, 9.17) is 9.26 Å². The first-order valence-electron chi connectivity index (χ1n) is 10.2. The lowest BCUT2D eigenvalue weighted by Gasteiger charge is -2.26. The molecule has 1 amide bonds. The molecule has 2 fully saturated rings. The maximum absolute atomic E-state index is 11.6. The Labute approximate surface area is 165 Å². The van der Waals surface area contributed by atoms with E-state index in [1.54, 1.807) is 0 Å². The molecule has 1 saturated heterocycles. The first kappa shape index (κ1) is 19.1. The number of carbonyl (C=O) groups is 1. The summed E-state index contributed by atoms with van der Waals surface area (Å²) in [5.74, 6) is 1.38. The third-order valence-corrected chi connectivity index (χ3v) is 5.66. The number of morpholine rings is 1. The standard InChI is InChI=1S/C21H28N4O3/c1-15(26)22-19(17-4-2-3-5-17)21-23-20(24-28-21)18-8-6-16(7-9-18)14-25-10-12-27-13-11-25/h6-9,17,19H,2-5,10-14H2,1H3,(H,22,26). The summed E-state index contributed by atoms with van der Waals surface area (Å²) in [5, 5.41) is 7.17. The molecule has 150 valence electrons. The van der Waals surface area contributed by atoms with Crippen LogP contribution in [0.25, 0.3) is 11.4 Å². The molecule has 1 saturated carbocycles. The average Bonchev–Trinajstić information content (AvgIpc) is 3.40. The molecule has 0 radical (unpaired) electrons. The van der Waals surface area contributed by atoms with Crippen molar-refractivity contribution in [1.29, 1.82) is 0 Å². The SMILES string of the molecule is CC(=O)NC(c1nc(-c2ccc(CN3CCOCC3)cc2)no1)C1CCCC1. The van der Waals surface area contributed by atoms with Crippen molar-refractivity contribution >= 4 is 5.91 Å². The summed E-state index contributed by atoms with van der Waals surface area (Å²) in [5.41, 5.74) is 2.19. The molecule has 0 bridgehead atoms. The van der Waals surface area contributed by atoms with Crippen molar-refractivity contribution in [1.82, 2.24) is 20.4 Å². The Morgan fingerprint density at radius 2 is 1.93 bits per heavy atom. The topological polar surface area (TPSA) is 80.5 Å². The van der Waals surface area contributed by atoms with E-state index in [9.17, 15) is 4.79 Å². The summed E-state index contributed by atoms with van der Waals surface area (Å²) in [6, 6.07) is 8.11. The number of amides is 1. The monoisotopic (exact) mass is 384 g/mol. The number of hydrogen-bond donors (Lipinski definition) is 1. The van der Waals surface area contributed by atoms with Crippen molar-refractivity contribution in [3.05, 3.63) is 35.7 Å². The zero-order valence-corrected chi connectivity index (χ0v) is 16.4. The highest BCUT2D eigenvalue weighted by atomic mass is 16.5. The fraction of sp³-hybridized carbons (Fsp3) is 0.571. The number of hydrogen-bond acceptors (Lipinski definition) is 6. The Kier molecular flexibility index (Phi) is 6.02. The summed E-state index contributed by atoms with van der Waals surface area (Å²) >= 11 is 0. The lowest BCUT2D eigenvalue weighted by molar-refractivity contribution is -0.120. The molecule has 1 aromatic carbocycles. The molecule has 1 aromatic heterocycles. The van der Waals surface area contributed by atoms with E-state index in [0.29, 0.717) is 17.6 Å². The predicted octanol–water partition coefficient (Wildman–Crippen LogP) is 2.94. The molecule has 2 aromatic rings. The van der Waals surface area contributed by atoms with Crippen LogP contribution in [0.4, 0.5) is 0 Å². The van der Waals surface area contributed by atoms with Gasteiger partial charge >= 0.3 is 0 Å². The highest BCUT2D eigenvalue weighted by molar-refractivity contribution is 5.73. The van der Waals surface area contributed by atoms with Crippen LogP contribution < -0.4 is 5.32 Å². The van der Waals surface area contributed by atoms with E-state index >= 15 is 0 Å². The zero-order chi connectivity index (χ0) is 19.3. The fourth-order valence-electron chi connectivity index (χ4n) is 4.15. The number of nitrogens with one attached hydrogen (secondary N) is 1. The minimum Gasteiger partial charge on any atom is -0.379 e. The molecule has 1 N–H and O–H groups in total. The van der Waals surface area contributed by atoms with Crippen molar-refractivity contribution in [2.75, 3.05) is 26.3 Å². The van der Waals surface area contributed by atoms with Gasteiger partial charge in [-0.2, -0.15) is 4.98 Å². The molecule has 1 unspecified atom stereocenters. The van der Waals surface area contributed by atoms with Crippen LogP contribution >= 0.6 is 0 Å². The second-order valence-electron chi connectivity index (χ2n) is 7.76. The smallest absolute Gasteiger partial charge is 0.249 e. The molecule has 7 nitrogen and oxygen atoms in total.